The maximum atomic E-state index is 13.0. The maximum Gasteiger partial charge on any atom is 0.233 e. The fraction of sp³-hybridized carbons (Fsp3) is 0.650. The van der Waals surface area contributed by atoms with Gasteiger partial charge in [0, 0.05) is 19.0 Å². The second-order valence-electron chi connectivity index (χ2n) is 8.23. The van der Waals surface area contributed by atoms with E-state index in [4.69, 9.17) is 4.42 Å². The molecular weight excluding hydrogens is 396 g/mol. The normalized spacial score (nSPS) is 28.6. The molecule has 4 rings (SSSR count). The first-order valence-electron chi connectivity index (χ1n) is 10.2. The summed E-state index contributed by atoms with van der Waals surface area (Å²) in [6, 6.07) is 3.04. The van der Waals surface area contributed by atoms with E-state index < -0.39 is 15.9 Å². The maximum absolute atomic E-state index is 13.0. The summed E-state index contributed by atoms with van der Waals surface area (Å²) in [5, 5.41) is 0. The lowest BCUT2D eigenvalue weighted by Crippen LogP contribution is -2.42. The number of carbonyl (C=O) groups excluding carboxylic acids is 3. The molecule has 0 N–H and O–H groups in total. The first-order chi connectivity index (χ1) is 13.9. The van der Waals surface area contributed by atoms with Crippen molar-refractivity contribution in [3.05, 3.63) is 24.2 Å². The summed E-state index contributed by atoms with van der Waals surface area (Å²) < 4.78 is 29.2. The zero-order valence-electron chi connectivity index (χ0n) is 16.3. The summed E-state index contributed by atoms with van der Waals surface area (Å²) in [7, 11) is -3.16. The van der Waals surface area contributed by atoms with Gasteiger partial charge in [0.25, 0.3) is 0 Å². The van der Waals surface area contributed by atoms with E-state index in [-0.39, 0.29) is 60.6 Å². The first-order valence-corrected chi connectivity index (χ1v) is 12.1. The van der Waals surface area contributed by atoms with Crippen molar-refractivity contribution >= 4 is 27.6 Å². The zero-order valence-corrected chi connectivity index (χ0v) is 17.1. The molecule has 3 heterocycles. The third-order valence-electron chi connectivity index (χ3n) is 6.36. The lowest BCUT2D eigenvalue weighted by molar-refractivity contribution is -0.141. The van der Waals surface area contributed by atoms with Gasteiger partial charge >= 0.3 is 0 Å². The Hall–Kier alpha value is -2.16. The van der Waals surface area contributed by atoms with Gasteiger partial charge in [-0.05, 0) is 31.4 Å². The minimum Gasteiger partial charge on any atom is -0.467 e. The molecule has 2 aliphatic heterocycles. The number of rotatable bonds is 6. The summed E-state index contributed by atoms with van der Waals surface area (Å²) in [5.74, 6) is -0.476. The van der Waals surface area contributed by atoms with E-state index in [0.29, 0.717) is 12.2 Å². The molecule has 1 aliphatic carbocycles. The van der Waals surface area contributed by atoms with E-state index in [1.54, 1.807) is 12.1 Å². The molecule has 3 aliphatic rings. The number of fused-ring (bicyclic) bond motifs is 1. The molecule has 1 aromatic heterocycles. The highest BCUT2D eigenvalue weighted by Gasteiger charge is 2.48. The van der Waals surface area contributed by atoms with Crippen molar-refractivity contribution in [1.29, 1.82) is 0 Å². The minimum atomic E-state index is -3.16. The molecule has 1 aromatic rings. The van der Waals surface area contributed by atoms with E-state index in [9.17, 15) is 22.8 Å². The largest absolute Gasteiger partial charge is 0.467 e. The Morgan fingerprint density at radius 2 is 1.83 bits per heavy atom. The molecule has 3 fully saturated rings. The van der Waals surface area contributed by atoms with Crippen LogP contribution in [0.2, 0.25) is 0 Å². The van der Waals surface area contributed by atoms with Crippen LogP contribution in [0.15, 0.2) is 22.8 Å². The Morgan fingerprint density at radius 3 is 2.38 bits per heavy atom. The van der Waals surface area contributed by atoms with Gasteiger partial charge in [0.15, 0.2) is 9.84 Å². The second kappa shape index (κ2) is 7.93. The van der Waals surface area contributed by atoms with Crippen molar-refractivity contribution in [2.75, 3.05) is 18.1 Å². The van der Waals surface area contributed by atoms with Crippen LogP contribution in [-0.4, -0.2) is 60.0 Å². The standard InChI is InChI=1S/C20H26N2O6S/c23-18(7-9-21-19(24)16-5-1-2-6-17(16)20(21)25)22(12-15-4-3-10-28-15)14-8-11-29(26,27)13-14/h3-4,10,14,16-17H,1-2,5-9,11-13H2/t14-,16-,17-/m1/s1. The molecule has 1 saturated carbocycles. The molecule has 29 heavy (non-hydrogen) atoms. The Kier molecular flexibility index (Phi) is 5.50. The second-order valence-corrected chi connectivity index (χ2v) is 10.5. The predicted molar refractivity (Wildman–Crippen MR) is 103 cm³/mol. The summed E-state index contributed by atoms with van der Waals surface area (Å²) >= 11 is 0. The molecule has 2 saturated heterocycles. The topological polar surface area (TPSA) is 105 Å². The summed E-state index contributed by atoms with van der Waals surface area (Å²) in [5.41, 5.74) is 0. The first kappa shape index (κ1) is 20.1. The van der Waals surface area contributed by atoms with Gasteiger partial charge in [0.05, 0.1) is 36.1 Å². The zero-order chi connectivity index (χ0) is 20.6. The van der Waals surface area contributed by atoms with Crippen LogP contribution in [0.3, 0.4) is 0 Å². The molecule has 3 atom stereocenters. The predicted octanol–water partition coefficient (Wildman–Crippen LogP) is 1.36. The average Bonchev–Trinajstić information content (AvgIpc) is 3.39. The van der Waals surface area contributed by atoms with Crippen molar-refractivity contribution in [2.24, 2.45) is 11.8 Å². The van der Waals surface area contributed by atoms with Crippen molar-refractivity contribution in [2.45, 2.75) is 51.1 Å². The fourth-order valence-corrected chi connectivity index (χ4v) is 6.55. The van der Waals surface area contributed by atoms with Gasteiger partial charge in [-0.2, -0.15) is 0 Å². The molecule has 0 unspecified atom stereocenters. The van der Waals surface area contributed by atoms with Crippen LogP contribution in [0, 0.1) is 11.8 Å². The van der Waals surface area contributed by atoms with Crippen LogP contribution >= 0.6 is 0 Å². The summed E-state index contributed by atoms with van der Waals surface area (Å²) in [4.78, 5) is 41.0. The van der Waals surface area contributed by atoms with Gasteiger partial charge in [-0.15, -0.1) is 0 Å². The highest BCUT2D eigenvalue weighted by molar-refractivity contribution is 7.91. The van der Waals surface area contributed by atoms with Crippen LogP contribution in [0.25, 0.3) is 0 Å². The molecule has 0 bridgehead atoms. The molecule has 9 heteroatoms. The average molecular weight is 423 g/mol. The van der Waals surface area contributed by atoms with Crippen molar-refractivity contribution in [3.63, 3.8) is 0 Å². The van der Waals surface area contributed by atoms with Gasteiger partial charge in [-0.1, -0.05) is 12.8 Å². The lowest BCUT2D eigenvalue weighted by Gasteiger charge is -2.28. The number of nitrogens with zero attached hydrogens (tertiary/aromatic N) is 2. The van der Waals surface area contributed by atoms with Gasteiger partial charge in [0.2, 0.25) is 17.7 Å². The molecule has 0 spiro atoms. The Morgan fingerprint density at radius 1 is 1.14 bits per heavy atom. The Balaban J connectivity index is 1.44. The number of hydrogen-bond acceptors (Lipinski definition) is 6. The molecular formula is C20H26N2O6S. The van der Waals surface area contributed by atoms with Crippen molar-refractivity contribution < 1.29 is 27.2 Å². The fourth-order valence-electron chi connectivity index (χ4n) is 4.81. The Labute approximate surface area is 170 Å². The van der Waals surface area contributed by atoms with E-state index in [1.807, 2.05) is 0 Å². The van der Waals surface area contributed by atoms with E-state index in [1.165, 1.54) is 16.1 Å². The van der Waals surface area contributed by atoms with E-state index in [0.717, 1.165) is 25.7 Å². The highest BCUT2D eigenvalue weighted by Crippen LogP contribution is 2.38. The SMILES string of the molecule is O=C1[C@@H]2CCCC[C@H]2C(=O)N1CCC(=O)N(Cc1ccco1)[C@@H]1CCS(=O)(=O)C1. The summed E-state index contributed by atoms with van der Waals surface area (Å²) in [6.45, 7) is 0.233. The minimum absolute atomic E-state index is 0.00578. The number of sulfone groups is 1. The lowest BCUT2D eigenvalue weighted by atomic mass is 9.81. The van der Waals surface area contributed by atoms with Crippen LogP contribution in [-0.2, 0) is 30.8 Å². The molecule has 0 radical (unpaired) electrons. The van der Waals surface area contributed by atoms with Crippen LogP contribution < -0.4 is 0 Å². The number of likely N-dealkylation sites (tertiary alicyclic amines) is 1. The van der Waals surface area contributed by atoms with Gasteiger partial charge in [-0.3, -0.25) is 19.3 Å². The monoisotopic (exact) mass is 422 g/mol. The Bertz CT molecular complexity index is 870. The number of carbonyl (C=O) groups is 3. The smallest absolute Gasteiger partial charge is 0.233 e. The van der Waals surface area contributed by atoms with Crippen molar-refractivity contribution in [1.82, 2.24) is 9.80 Å². The third kappa shape index (κ3) is 4.10. The van der Waals surface area contributed by atoms with Crippen LogP contribution in [0.1, 0.15) is 44.3 Å². The van der Waals surface area contributed by atoms with Gasteiger partial charge in [-0.25, -0.2) is 8.42 Å². The van der Waals surface area contributed by atoms with Crippen LogP contribution in [0.5, 0.6) is 0 Å². The number of amides is 3. The number of hydrogen-bond donors (Lipinski definition) is 0. The van der Waals surface area contributed by atoms with Crippen molar-refractivity contribution in [3.8, 4) is 0 Å². The molecule has 3 amide bonds. The van der Waals surface area contributed by atoms with Crippen LogP contribution in [0.4, 0.5) is 0 Å². The van der Waals surface area contributed by atoms with E-state index >= 15 is 0 Å². The molecule has 8 nitrogen and oxygen atoms in total. The number of imide groups is 1. The molecule has 158 valence electrons. The summed E-state index contributed by atoms with van der Waals surface area (Å²) in [6.07, 6.45) is 5.29. The number of furan rings is 1. The van der Waals surface area contributed by atoms with Gasteiger partial charge < -0.3 is 9.32 Å². The highest BCUT2D eigenvalue weighted by atomic mass is 32.2. The van der Waals surface area contributed by atoms with E-state index in [2.05, 4.69) is 0 Å². The third-order valence-corrected chi connectivity index (χ3v) is 8.11. The molecule has 0 aromatic carbocycles. The van der Waals surface area contributed by atoms with Gasteiger partial charge in [0.1, 0.15) is 5.76 Å². The quantitative estimate of drug-likeness (QED) is 0.641.